The summed E-state index contributed by atoms with van der Waals surface area (Å²) in [5, 5.41) is 3.87. The summed E-state index contributed by atoms with van der Waals surface area (Å²) in [6.07, 6.45) is 1.86. The van der Waals surface area contributed by atoms with Gasteiger partial charge in [-0.1, -0.05) is 39.7 Å². The number of rotatable bonds is 3. The number of halogens is 2. The Balaban J connectivity index is 3.06. The summed E-state index contributed by atoms with van der Waals surface area (Å²) in [5.41, 5.74) is 1.14. The van der Waals surface area contributed by atoms with Gasteiger partial charge in [-0.15, -0.1) is 6.58 Å². The van der Waals surface area contributed by atoms with Crippen LogP contribution in [-0.4, -0.2) is 7.05 Å². The van der Waals surface area contributed by atoms with Crippen molar-refractivity contribution in [1.29, 1.82) is 0 Å². The van der Waals surface area contributed by atoms with Crippen molar-refractivity contribution >= 4 is 27.5 Å². The van der Waals surface area contributed by atoms with Gasteiger partial charge in [0.1, 0.15) is 0 Å². The number of benzene rings is 1. The normalized spacial score (nSPS) is 12.5. The van der Waals surface area contributed by atoms with Crippen LogP contribution < -0.4 is 5.32 Å². The number of likely N-dealkylation sites (N-methyl/N-ethyl adjacent to an activating group) is 1. The van der Waals surface area contributed by atoms with E-state index in [9.17, 15) is 0 Å². The summed E-state index contributed by atoms with van der Waals surface area (Å²) in [4.78, 5) is 0. The van der Waals surface area contributed by atoms with Crippen LogP contribution in [0.15, 0.2) is 35.3 Å². The Morgan fingerprint density at radius 1 is 1.62 bits per heavy atom. The van der Waals surface area contributed by atoms with Crippen molar-refractivity contribution in [2.45, 2.75) is 6.04 Å². The average molecular weight is 261 g/mol. The van der Waals surface area contributed by atoms with Gasteiger partial charge in [0.2, 0.25) is 0 Å². The van der Waals surface area contributed by atoms with Gasteiger partial charge in [-0.25, -0.2) is 0 Å². The van der Waals surface area contributed by atoms with Gasteiger partial charge in [0.05, 0.1) is 6.04 Å². The maximum Gasteiger partial charge on any atom is 0.0512 e. The first-order valence-corrected chi connectivity index (χ1v) is 5.11. The largest absolute Gasteiger partial charge is 0.310 e. The Morgan fingerprint density at radius 3 is 2.77 bits per heavy atom. The van der Waals surface area contributed by atoms with Crippen LogP contribution in [0.3, 0.4) is 0 Å². The number of nitrogens with one attached hydrogen (secondary N) is 1. The van der Waals surface area contributed by atoms with Crippen molar-refractivity contribution < 1.29 is 0 Å². The van der Waals surface area contributed by atoms with Crippen LogP contribution in [-0.2, 0) is 0 Å². The Bertz CT molecular complexity index is 312. The Kier molecular flexibility index (Phi) is 3.97. The van der Waals surface area contributed by atoms with E-state index in [-0.39, 0.29) is 6.04 Å². The third kappa shape index (κ3) is 2.56. The molecule has 0 amide bonds. The molecule has 13 heavy (non-hydrogen) atoms. The van der Waals surface area contributed by atoms with E-state index in [4.69, 9.17) is 11.6 Å². The predicted octanol–water partition coefficient (Wildman–Crippen LogP) is 3.55. The zero-order valence-corrected chi connectivity index (χ0v) is 9.69. The molecule has 1 N–H and O–H groups in total. The molecule has 0 saturated carbocycles. The van der Waals surface area contributed by atoms with Crippen LogP contribution in [0.5, 0.6) is 0 Å². The van der Waals surface area contributed by atoms with Gasteiger partial charge in [0.25, 0.3) is 0 Å². The Morgan fingerprint density at radius 2 is 2.31 bits per heavy atom. The highest BCUT2D eigenvalue weighted by atomic mass is 79.9. The highest BCUT2D eigenvalue weighted by Crippen LogP contribution is 2.26. The molecule has 1 aromatic carbocycles. The standard InChI is InChI=1S/C10H11BrClN/c1-3-10(13-2)8-5-4-7(12)6-9(8)11/h3-6,10,13H,1H2,2H3. The zero-order chi connectivity index (χ0) is 9.84. The molecule has 0 heterocycles. The molecule has 0 aliphatic heterocycles. The van der Waals surface area contributed by atoms with Crippen molar-refractivity contribution in [3.8, 4) is 0 Å². The maximum atomic E-state index is 5.83. The van der Waals surface area contributed by atoms with Gasteiger partial charge in [0, 0.05) is 9.50 Å². The van der Waals surface area contributed by atoms with E-state index in [2.05, 4.69) is 27.8 Å². The van der Waals surface area contributed by atoms with Crippen LogP contribution in [0.25, 0.3) is 0 Å². The summed E-state index contributed by atoms with van der Waals surface area (Å²) < 4.78 is 0.999. The third-order valence-electron chi connectivity index (χ3n) is 1.84. The van der Waals surface area contributed by atoms with E-state index in [0.29, 0.717) is 0 Å². The van der Waals surface area contributed by atoms with E-state index in [1.807, 2.05) is 31.3 Å². The monoisotopic (exact) mass is 259 g/mol. The Labute approximate surface area is 91.9 Å². The minimum absolute atomic E-state index is 0.159. The zero-order valence-electron chi connectivity index (χ0n) is 7.35. The highest BCUT2D eigenvalue weighted by Gasteiger charge is 2.08. The van der Waals surface area contributed by atoms with Crippen LogP contribution in [0.4, 0.5) is 0 Å². The van der Waals surface area contributed by atoms with Crippen molar-refractivity contribution in [3.05, 3.63) is 45.9 Å². The average Bonchev–Trinajstić information content (AvgIpc) is 2.10. The molecule has 0 aromatic heterocycles. The summed E-state index contributed by atoms with van der Waals surface area (Å²) in [7, 11) is 1.90. The van der Waals surface area contributed by atoms with Gasteiger partial charge >= 0.3 is 0 Å². The lowest BCUT2D eigenvalue weighted by molar-refractivity contribution is 0.713. The second kappa shape index (κ2) is 4.80. The van der Waals surface area contributed by atoms with Gasteiger partial charge in [-0.2, -0.15) is 0 Å². The van der Waals surface area contributed by atoms with Gasteiger partial charge in [0.15, 0.2) is 0 Å². The first-order valence-electron chi connectivity index (χ1n) is 3.93. The molecule has 3 heteroatoms. The molecule has 1 rings (SSSR count). The molecule has 1 unspecified atom stereocenters. The van der Waals surface area contributed by atoms with Crippen LogP contribution >= 0.6 is 27.5 Å². The first kappa shape index (κ1) is 10.8. The minimum atomic E-state index is 0.159. The lowest BCUT2D eigenvalue weighted by Gasteiger charge is -2.13. The maximum absolute atomic E-state index is 5.83. The molecule has 0 radical (unpaired) electrons. The molecule has 1 aromatic rings. The highest BCUT2D eigenvalue weighted by molar-refractivity contribution is 9.10. The molecule has 0 fully saturated rings. The fraction of sp³-hybridized carbons (Fsp3) is 0.200. The van der Waals surface area contributed by atoms with E-state index in [0.717, 1.165) is 15.1 Å². The summed E-state index contributed by atoms with van der Waals surface area (Å²) in [6, 6.07) is 5.89. The summed E-state index contributed by atoms with van der Waals surface area (Å²) in [5.74, 6) is 0. The fourth-order valence-corrected chi connectivity index (χ4v) is 2.08. The van der Waals surface area contributed by atoms with Crippen LogP contribution in [0.1, 0.15) is 11.6 Å². The SMILES string of the molecule is C=CC(NC)c1ccc(Cl)cc1Br. The predicted molar refractivity (Wildman–Crippen MR) is 61.1 cm³/mol. The molecule has 1 atom stereocenters. The molecule has 70 valence electrons. The minimum Gasteiger partial charge on any atom is -0.310 e. The van der Waals surface area contributed by atoms with Gasteiger partial charge in [-0.3, -0.25) is 0 Å². The first-order chi connectivity index (χ1) is 6.19. The van der Waals surface area contributed by atoms with Gasteiger partial charge < -0.3 is 5.32 Å². The van der Waals surface area contributed by atoms with E-state index >= 15 is 0 Å². The lowest BCUT2D eigenvalue weighted by Crippen LogP contribution is -2.13. The molecule has 0 bridgehead atoms. The molecule has 0 saturated heterocycles. The van der Waals surface area contributed by atoms with Crippen molar-refractivity contribution in [1.82, 2.24) is 5.32 Å². The molecule has 0 aliphatic carbocycles. The van der Waals surface area contributed by atoms with Gasteiger partial charge in [-0.05, 0) is 24.7 Å². The Hall–Kier alpha value is -0.310. The van der Waals surface area contributed by atoms with E-state index < -0.39 is 0 Å². The molecule has 0 aliphatic rings. The molecular weight excluding hydrogens is 249 g/mol. The fourth-order valence-electron chi connectivity index (χ4n) is 1.15. The van der Waals surface area contributed by atoms with Crippen LogP contribution in [0, 0.1) is 0 Å². The topological polar surface area (TPSA) is 12.0 Å². The lowest BCUT2D eigenvalue weighted by atomic mass is 10.1. The smallest absolute Gasteiger partial charge is 0.0512 e. The van der Waals surface area contributed by atoms with Crippen molar-refractivity contribution in [3.63, 3.8) is 0 Å². The molecular formula is C10H11BrClN. The second-order valence-electron chi connectivity index (χ2n) is 2.67. The number of hydrogen-bond acceptors (Lipinski definition) is 1. The summed E-state index contributed by atoms with van der Waals surface area (Å²) in [6.45, 7) is 3.76. The van der Waals surface area contributed by atoms with E-state index in [1.165, 1.54) is 0 Å². The van der Waals surface area contributed by atoms with Crippen molar-refractivity contribution in [2.75, 3.05) is 7.05 Å². The quantitative estimate of drug-likeness (QED) is 0.820. The van der Waals surface area contributed by atoms with Crippen molar-refractivity contribution in [2.24, 2.45) is 0 Å². The molecule has 1 nitrogen and oxygen atoms in total. The summed E-state index contributed by atoms with van der Waals surface area (Å²) >= 11 is 9.29. The number of hydrogen-bond donors (Lipinski definition) is 1. The third-order valence-corrected chi connectivity index (χ3v) is 2.77. The second-order valence-corrected chi connectivity index (χ2v) is 3.96. The van der Waals surface area contributed by atoms with E-state index in [1.54, 1.807) is 0 Å². The molecule has 0 spiro atoms. The van der Waals surface area contributed by atoms with Crippen LogP contribution in [0.2, 0.25) is 5.02 Å².